The summed E-state index contributed by atoms with van der Waals surface area (Å²) in [4.78, 5) is 25.1. The van der Waals surface area contributed by atoms with Crippen LogP contribution in [0.15, 0.2) is 24.3 Å². The SMILES string of the molecule is CC(C)NC(=O)C(C)N(CC(N)=O)Cc1cccc(N)c1. The molecule has 1 unspecified atom stereocenters. The van der Waals surface area contributed by atoms with E-state index in [0.29, 0.717) is 12.2 Å². The van der Waals surface area contributed by atoms with Crippen molar-refractivity contribution in [2.75, 3.05) is 12.3 Å². The van der Waals surface area contributed by atoms with Crippen LogP contribution in [-0.4, -0.2) is 35.3 Å². The number of hydrogen-bond acceptors (Lipinski definition) is 4. The molecule has 0 heterocycles. The third kappa shape index (κ3) is 5.83. The molecule has 21 heavy (non-hydrogen) atoms. The van der Waals surface area contributed by atoms with E-state index in [0.717, 1.165) is 5.56 Å². The molecule has 6 nitrogen and oxygen atoms in total. The zero-order valence-electron chi connectivity index (χ0n) is 12.8. The van der Waals surface area contributed by atoms with Crippen molar-refractivity contribution in [3.05, 3.63) is 29.8 Å². The normalized spacial score (nSPS) is 12.4. The van der Waals surface area contributed by atoms with Crippen LogP contribution in [0.4, 0.5) is 5.69 Å². The highest BCUT2D eigenvalue weighted by atomic mass is 16.2. The first-order chi connectivity index (χ1) is 9.79. The van der Waals surface area contributed by atoms with Crippen LogP contribution < -0.4 is 16.8 Å². The monoisotopic (exact) mass is 292 g/mol. The average Bonchev–Trinajstić information content (AvgIpc) is 2.35. The van der Waals surface area contributed by atoms with Gasteiger partial charge in [-0.2, -0.15) is 0 Å². The summed E-state index contributed by atoms with van der Waals surface area (Å²) in [5, 5.41) is 2.84. The molecule has 0 bridgehead atoms. The van der Waals surface area contributed by atoms with Gasteiger partial charge in [-0.3, -0.25) is 14.5 Å². The van der Waals surface area contributed by atoms with Crippen molar-refractivity contribution in [3.63, 3.8) is 0 Å². The van der Waals surface area contributed by atoms with Crippen molar-refractivity contribution in [1.29, 1.82) is 0 Å². The highest BCUT2D eigenvalue weighted by Gasteiger charge is 2.23. The topological polar surface area (TPSA) is 101 Å². The molecule has 1 aromatic rings. The molecule has 0 spiro atoms. The summed E-state index contributed by atoms with van der Waals surface area (Å²) < 4.78 is 0. The first-order valence-electron chi connectivity index (χ1n) is 6.96. The Morgan fingerprint density at radius 2 is 1.95 bits per heavy atom. The summed E-state index contributed by atoms with van der Waals surface area (Å²) in [5.41, 5.74) is 12.6. The van der Waals surface area contributed by atoms with Crippen LogP contribution in [0.25, 0.3) is 0 Å². The maximum absolute atomic E-state index is 12.1. The molecule has 0 aromatic heterocycles. The number of nitrogens with one attached hydrogen (secondary N) is 1. The van der Waals surface area contributed by atoms with Gasteiger partial charge in [0, 0.05) is 18.3 Å². The van der Waals surface area contributed by atoms with E-state index in [9.17, 15) is 9.59 Å². The van der Waals surface area contributed by atoms with E-state index < -0.39 is 11.9 Å². The fourth-order valence-electron chi connectivity index (χ4n) is 2.03. The van der Waals surface area contributed by atoms with Gasteiger partial charge in [0.1, 0.15) is 0 Å². The summed E-state index contributed by atoms with van der Waals surface area (Å²) in [5.74, 6) is -0.599. The molecule has 0 saturated carbocycles. The molecule has 0 aliphatic carbocycles. The van der Waals surface area contributed by atoms with Crippen molar-refractivity contribution in [2.45, 2.75) is 39.4 Å². The number of nitrogens with two attached hydrogens (primary N) is 2. The van der Waals surface area contributed by atoms with Crippen molar-refractivity contribution >= 4 is 17.5 Å². The van der Waals surface area contributed by atoms with Gasteiger partial charge in [-0.15, -0.1) is 0 Å². The minimum atomic E-state index is -0.469. The summed E-state index contributed by atoms with van der Waals surface area (Å²) in [7, 11) is 0. The molecular weight excluding hydrogens is 268 g/mol. The number of amides is 2. The van der Waals surface area contributed by atoms with Crippen LogP contribution in [0.3, 0.4) is 0 Å². The largest absolute Gasteiger partial charge is 0.399 e. The Labute approximate surface area is 125 Å². The van der Waals surface area contributed by atoms with E-state index in [1.165, 1.54) is 0 Å². The predicted octanol–water partition coefficient (Wildman–Crippen LogP) is 0.469. The molecule has 0 fully saturated rings. The van der Waals surface area contributed by atoms with Gasteiger partial charge in [0.15, 0.2) is 0 Å². The summed E-state index contributed by atoms with van der Waals surface area (Å²) in [6, 6.07) is 6.94. The van der Waals surface area contributed by atoms with Gasteiger partial charge < -0.3 is 16.8 Å². The zero-order chi connectivity index (χ0) is 16.0. The molecular formula is C15H24N4O2. The number of benzene rings is 1. The van der Waals surface area contributed by atoms with Crippen LogP contribution in [0.2, 0.25) is 0 Å². The van der Waals surface area contributed by atoms with E-state index >= 15 is 0 Å². The minimum absolute atomic E-state index is 0.0154. The number of rotatable bonds is 7. The van der Waals surface area contributed by atoms with Crippen LogP contribution >= 0.6 is 0 Å². The first-order valence-corrected chi connectivity index (χ1v) is 6.96. The molecule has 5 N–H and O–H groups in total. The number of hydrogen-bond donors (Lipinski definition) is 3. The van der Waals surface area contributed by atoms with Crippen LogP contribution in [0.1, 0.15) is 26.3 Å². The van der Waals surface area contributed by atoms with E-state index in [1.807, 2.05) is 32.0 Å². The quantitative estimate of drug-likeness (QED) is 0.636. The Morgan fingerprint density at radius 1 is 1.29 bits per heavy atom. The van der Waals surface area contributed by atoms with Crippen molar-refractivity contribution in [1.82, 2.24) is 10.2 Å². The molecule has 1 atom stereocenters. The second-order valence-corrected chi connectivity index (χ2v) is 5.46. The highest BCUT2D eigenvalue weighted by molar-refractivity contribution is 5.83. The molecule has 1 rings (SSSR count). The lowest BCUT2D eigenvalue weighted by Crippen LogP contribution is -2.49. The van der Waals surface area contributed by atoms with Crippen molar-refractivity contribution in [2.24, 2.45) is 5.73 Å². The summed E-state index contributed by atoms with van der Waals surface area (Å²) >= 11 is 0. The van der Waals surface area contributed by atoms with Gasteiger partial charge in [-0.1, -0.05) is 12.1 Å². The Hall–Kier alpha value is -2.08. The first kappa shape index (κ1) is 17.0. The zero-order valence-corrected chi connectivity index (χ0v) is 12.8. The maximum Gasteiger partial charge on any atom is 0.237 e. The second-order valence-electron chi connectivity index (χ2n) is 5.46. The number of primary amides is 1. The Balaban J connectivity index is 2.84. The second kappa shape index (κ2) is 7.64. The predicted molar refractivity (Wildman–Crippen MR) is 83.2 cm³/mol. The maximum atomic E-state index is 12.1. The third-order valence-electron chi connectivity index (χ3n) is 3.05. The number of carbonyl (C=O) groups excluding carboxylic acids is 2. The number of nitrogens with zero attached hydrogens (tertiary/aromatic N) is 1. The molecule has 1 aromatic carbocycles. The molecule has 0 saturated heterocycles. The van der Waals surface area contributed by atoms with Crippen LogP contribution in [0.5, 0.6) is 0 Å². The van der Waals surface area contributed by atoms with Crippen LogP contribution in [-0.2, 0) is 16.1 Å². The number of carbonyl (C=O) groups is 2. The van der Waals surface area contributed by atoms with E-state index in [-0.39, 0.29) is 18.5 Å². The smallest absolute Gasteiger partial charge is 0.237 e. The summed E-state index contributed by atoms with van der Waals surface area (Å²) in [6.45, 7) is 5.98. The molecule has 0 aliphatic rings. The van der Waals surface area contributed by atoms with Gasteiger partial charge in [0.05, 0.1) is 12.6 Å². The molecule has 0 aliphatic heterocycles. The summed E-state index contributed by atoms with van der Waals surface area (Å²) in [6.07, 6.45) is 0. The average molecular weight is 292 g/mol. The van der Waals surface area contributed by atoms with Gasteiger partial charge in [0.2, 0.25) is 11.8 Å². The molecule has 2 amide bonds. The fraction of sp³-hybridized carbons (Fsp3) is 0.467. The van der Waals surface area contributed by atoms with E-state index in [4.69, 9.17) is 11.5 Å². The Morgan fingerprint density at radius 3 is 2.48 bits per heavy atom. The lowest BCUT2D eigenvalue weighted by molar-refractivity contribution is -0.128. The Kier molecular flexibility index (Phi) is 6.17. The number of nitrogen functional groups attached to an aromatic ring is 1. The van der Waals surface area contributed by atoms with Crippen molar-refractivity contribution < 1.29 is 9.59 Å². The standard InChI is InChI=1S/C15H24N4O2/c1-10(2)18-15(21)11(3)19(9-14(17)20)8-12-5-4-6-13(16)7-12/h4-7,10-11H,8-9,16H2,1-3H3,(H2,17,20)(H,18,21). The van der Waals surface area contributed by atoms with E-state index in [2.05, 4.69) is 5.32 Å². The molecule has 0 radical (unpaired) electrons. The lowest BCUT2D eigenvalue weighted by atomic mass is 10.1. The fourth-order valence-corrected chi connectivity index (χ4v) is 2.03. The lowest BCUT2D eigenvalue weighted by Gasteiger charge is -2.27. The van der Waals surface area contributed by atoms with Gasteiger partial charge in [-0.05, 0) is 38.5 Å². The molecule has 116 valence electrons. The van der Waals surface area contributed by atoms with Gasteiger partial charge in [0.25, 0.3) is 0 Å². The van der Waals surface area contributed by atoms with Crippen molar-refractivity contribution in [3.8, 4) is 0 Å². The molecule has 6 heteroatoms. The van der Waals surface area contributed by atoms with Gasteiger partial charge >= 0.3 is 0 Å². The highest BCUT2D eigenvalue weighted by Crippen LogP contribution is 2.12. The van der Waals surface area contributed by atoms with E-state index in [1.54, 1.807) is 17.9 Å². The minimum Gasteiger partial charge on any atom is -0.399 e. The third-order valence-corrected chi connectivity index (χ3v) is 3.05. The van der Waals surface area contributed by atoms with Crippen LogP contribution in [0, 0.1) is 0 Å². The Bertz CT molecular complexity index is 502. The number of anilines is 1. The van der Waals surface area contributed by atoms with Gasteiger partial charge in [-0.25, -0.2) is 0 Å².